The van der Waals surface area contributed by atoms with Gasteiger partial charge in [0.15, 0.2) is 0 Å². The van der Waals surface area contributed by atoms with E-state index in [9.17, 15) is 9.59 Å². The van der Waals surface area contributed by atoms with E-state index in [1.807, 2.05) is 64.1 Å². The maximum absolute atomic E-state index is 12.4. The van der Waals surface area contributed by atoms with Gasteiger partial charge in [-0.05, 0) is 64.1 Å². The Hall–Kier alpha value is -4.80. The minimum atomic E-state index is -0.516. The fourth-order valence-corrected chi connectivity index (χ4v) is 4.21. The lowest BCUT2D eigenvalue weighted by Crippen LogP contribution is -2.50. The van der Waals surface area contributed by atoms with E-state index in [1.54, 1.807) is 24.3 Å². The maximum Gasteiger partial charge on any atom is 0.410 e. The lowest BCUT2D eigenvalue weighted by atomic mass is 10.2. The third kappa shape index (κ3) is 7.87. The highest BCUT2D eigenvalue weighted by Crippen LogP contribution is 2.32. The van der Waals surface area contributed by atoms with Gasteiger partial charge in [-0.15, -0.1) is 0 Å². The van der Waals surface area contributed by atoms with Crippen LogP contribution in [0, 0.1) is 6.92 Å². The van der Waals surface area contributed by atoms with Crippen molar-refractivity contribution in [3.05, 3.63) is 66.9 Å². The number of rotatable bonds is 8. The number of methoxy groups -OCH3 is 1. The first-order valence-electron chi connectivity index (χ1n) is 13.4. The molecule has 0 bridgehead atoms. The number of hydrogen-bond donors (Lipinski definition) is 3. The molecule has 0 radical (unpaired) electrons. The predicted molar refractivity (Wildman–Crippen MR) is 162 cm³/mol. The highest BCUT2D eigenvalue weighted by Gasteiger charge is 2.26. The van der Waals surface area contributed by atoms with E-state index in [4.69, 9.17) is 9.47 Å². The van der Waals surface area contributed by atoms with Crippen LogP contribution >= 0.6 is 0 Å². The first-order valence-corrected chi connectivity index (χ1v) is 13.4. The highest BCUT2D eigenvalue weighted by atomic mass is 16.6. The average Bonchev–Trinajstić information content (AvgIpc) is 2.94. The smallest absolute Gasteiger partial charge is 0.410 e. The van der Waals surface area contributed by atoms with Crippen molar-refractivity contribution in [2.45, 2.75) is 33.3 Å². The third-order valence-corrected chi connectivity index (χ3v) is 6.28. The Labute approximate surface area is 240 Å². The second-order valence-corrected chi connectivity index (χ2v) is 10.6. The standard InChI is InChI=1S/C30H37N7O4/c1-7-26(38)32-21-9-8-10-22(17-21)33-27-20(2)19-31-28(35-27)34-24-12-11-23(18-25(24)40-6)36-13-15-37(16-14-36)29(39)41-30(3,4)5/h7-12,17-19H,1,13-16H2,2-6H3,(H,32,38)(H2,31,33,34,35). The largest absolute Gasteiger partial charge is 0.494 e. The number of nitrogens with one attached hydrogen (secondary N) is 3. The molecule has 2 aromatic carbocycles. The summed E-state index contributed by atoms with van der Waals surface area (Å²) in [4.78, 5) is 37.1. The first-order chi connectivity index (χ1) is 19.5. The predicted octanol–water partition coefficient (Wildman–Crippen LogP) is 5.46. The van der Waals surface area contributed by atoms with Crippen LogP contribution in [0.3, 0.4) is 0 Å². The summed E-state index contributed by atoms with van der Waals surface area (Å²) < 4.78 is 11.2. The van der Waals surface area contributed by atoms with Crippen LogP contribution in [-0.4, -0.2) is 65.8 Å². The molecule has 0 aliphatic carbocycles. The topological polar surface area (TPSA) is 121 Å². The van der Waals surface area contributed by atoms with Gasteiger partial charge < -0.3 is 35.2 Å². The molecule has 3 N–H and O–H groups in total. The normalized spacial score (nSPS) is 13.3. The number of ether oxygens (including phenoxy) is 2. The molecular weight excluding hydrogens is 522 g/mol. The van der Waals surface area contributed by atoms with E-state index in [2.05, 4.69) is 37.4 Å². The summed E-state index contributed by atoms with van der Waals surface area (Å²) in [5.74, 6) is 1.37. The molecule has 0 saturated carbocycles. The second kappa shape index (κ2) is 12.6. The van der Waals surface area contributed by atoms with E-state index < -0.39 is 5.60 Å². The number of carbonyl (C=O) groups is 2. The first kappa shape index (κ1) is 29.2. The zero-order chi connectivity index (χ0) is 29.6. The Morgan fingerprint density at radius 3 is 2.44 bits per heavy atom. The molecule has 4 rings (SSSR count). The van der Waals surface area contributed by atoms with Crippen LogP contribution in [-0.2, 0) is 9.53 Å². The lowest BCUT2D eigenvalue weighted by Gasteiger charge is -2.37. The van der Waals surface area contributed by atoms with Crippen molar-refractivity contribution in [2.24, 2.45) is 0 Å². The third-order valence-electron chi connectivity index (χ3n) is 6.28. The van der Waals surface area contributed by atoms with E-state index in [-0.39, 0.29) is 12.0 Å². The van der Waals surface area contributed by atoms with Crippen LogP contribution in [0.4, 0.5) is 39.3 Å². The number of carbonyl (C=O) groups excluding carboxylic acids is 2. The molecule has 1 aliphatic heterocycles. The average molecular weight is 560 g/mol. The molecule has 1 fully saturated rings. The summed E-state index contributed by atoms with van der Waals surface area (Å²) in [5.41, 5.74) is 3.44. The molecule has 11 nitrogen and oxygen atoms in total. The fraction of sp³-hybridized carbons (Fsp3) is 0.333. The Bertz CT molecular complexity index is 1410. The number of aryl methyl sites for hydroxylation is 1. The number of piperazine rings is 1. The molecule has 0 unspecified atom stereocenters. The van der Waals surface area contributed by atoms with Gasteiger partial charge in [-0.1, -0.05) is 12.6 Å². The Kier molecular flexibility index (Phi) is 8.96. The van der Waals surface area contributed by atoms with Crippen LogP contribution in [0.5, 0.6) is 5.75 Å². The van der Waals surface area contributed by atoms with Gasteiger partial charge in [0.25, 0.3) is 0 Å². The van der Waals surface area contributed by atoms with Gasteiger partial charge in [-0.2, -0.15) is 4.98 Å². The number of anilines is 6. The molecule has 1 aliphatic rings. The summed E-state index contributed by atoms with van der Waals surface area (Å²) in [5, 5.41) is 9.29. The van der Waals surface area contributed by atoms with Crippen molar-refractivity contribution in [1.82, 2.24) is 14.9 Å². The van der Waals surface area contributed by atoms with Gasteiger partial charge in [0.05, 0.1) is 12.8 Å². The zero-order valence-corrected chi connectivity index (χ0v) is 24.2. The summed E-state index contributed by atoms with van der Waals surface area (Å²) in [7, 11) is 1.62. The minimum absolute atomic E-state index is 0.283. The molecule has 41 heavy (non-hydrogen) atoms. The van der Waals surface area contributed by atoms with Crippen molar-refractivity contribution in [2.75, 3.05) is 54.1 Å². The Morgan fingerprint density at radius 2 is 1.76 bits per heavy atom. The second-order valence-electron chi connectivity index (χ2n) is 10.6. The van der Waals surface area contributed by atoms with Gasteiger partial charge in [0.2, 0.25) is 11.9 Å². The van der Waals surface area contributed by atoms with Crippen molar-refractivity contribution in [3.8, 4) is 5.75 Å². The monoisotopic (exact) mass is 559 g/mol. The quantitative estimate of drug-likeness (QED) is 0.309. The molecule has 0 atom stereocenters. The lowest BCUT2D eigenvalue weighted by molar-refractivity contribution is -0.111. The highest BCUT2D eigenvalue weighted by molar-refractivity contribution is 5.99. The van der Waals surface area contributed by atoms with Crippen LogP contribution in [0.15, 0.2) is 61.3 Å². The number of nitrogens with zero attached hydrogens (tertiary/aromatic N) is 4. The molecule has 3 aromatic rings. The van der Waals surface area contributed by atoms with Gasteiger partial charge in [0, 0.05) is 61.1 Å². The summed E-state index contributed by atoms with van der Waals surface area (Å²) in [6.07, 6.45) is 2.67. The van der Waals surface area contributed by atoms with Gasteiger partial charge >= 0.3 is 6.09 Å². The van der Waals surface area contributed by atoms with Gasteiger partial charge in [-0.3, -0.25) is 4.79 Å². The van der Waals surface area contributed by atoms with Crippen molar-refractivity contribution < 1.29 is 19.1 Å². The molecular formula is C30H37N7O4. The van der Waals surface area contributed by atoms with Gasteiger partial charge in [0.1, 0.15) is 17.2 Å². The number of hydrogen-bond acceptors (Lipinski definition) is 9. The summed E-state index contributed by atoms with van der Waals surface area (Å²) in [6.45, 7) is 13.5. The molecule has 1 saturated heterocycles. The van der Waals surface area contributed by atoms with E-state index in [0.717, 1.165) is 16.9 Å². The number of benzene rings is 2. The van der Waals surface area contributed by atoms with Crippen LogP contribution in [0.2, 0.25) is 0 Å². The fourth-order valence-electron chi connectivity index (χ4n) is 4.21. The Balaban J connectivity index is 1.43. The van der Waals surface area contributed by atoms with E-state index >= 15 is 0 Å². The summed E-state index contributed by atoms with van der Waals surface area (Å²) >= 11 is 0. The SMILES string of the molecule is C=CC(=O)Nc1cccc(Nc2nc(Nc3ccc(N4CCN(C(=O)OC(C)(C)C)CC4)cc3OC)ncc2C)c1. The zero-order valence-electron chi connectivity index (χ0n) is 24.2. The van der Waals surface area contributed by atoms with Crippen LogP contribution in [0.25, 0.3) is 0 Å². The maximum atomic E-state index is 12.4. The van der Waals surface area contributed by atoms with E-state index in [0.29, 0.717) is 55.1 Å². The summed E-state index contributed by atoms with van der Waals surface area (Å²) in [6, 6.07) is 13.2. The van der Waals surface area contributed by atoms with Crippen molar-refractivity contribution >= 4 is 46.5 Å². The van der Waals surface area contributed by atoms with Crippen LogP contribution < -0.4 is 25.6 Å². The van der Waals surface area contributed by atoms with Crippen molar-refractivity contribution in [1.29, 1.82) is 0 Å². The molecule has 216 valence electrons. The molecule has 0 spiro atoms. The minimum Gasteiger partial charge on any atom is -0.494 e. The molecule has 2 amide bonds. The molecule has 2 heterocycles. The number of aromatic nitrogens is 2. The van der Waals surface area contributed by atoms with Gasteiger partial charge in [-0.25, -0.2) is 9.78 Å². The molecule has 11 heteroatoms. The Morgan fingerprint density at radius 1 is 1.02 bits per heavy atom. The van der Waals surface area contributed by atoms with E-state index in [1.165, 1.54) is 6.08 Å². The van der Waals surface area contributed by atoms with Crippen LogP contribution in [0.1, 0.15) is 26.3 Å². The molecule has 1 aromatic heterocycles. The van der Waals surface area contributed by atoms with Crippen molar-refractivity contribution in [3.63, 3.8) is 0 Å². The number of amides is 2.